The molecule has 2 N–H and O–H groups in total. The van der Waals surface area contributed by atoms with Crippen molar-refractivity contribution in [2.24, 2.45) is 5.73 Å². The molecule has 0 amide bonds. The van der Waals surface area contributed by atoms with Crippen LogP contribution in [0.15, 0.2) is 24.3 Å². The fraction of sp³-hybridized carbons (Fsp3) is 0.625. The highest BCUT2D eigenvalue weighted by Gasteiger charge is 2.10. The lowest BCUT2D eigenvalue weighted by Crippen LogP contribution is -2.21. The van der Waals surface area contributed by atoms with Crippen molar-refractivity contribution in [3.05, 3.63) is 29.8 Å². The zero-order valence-electron chi connectivity index (χ0n) is 11.8. The summed E-state index contributed by atoms with van der Waals surface area (Å²) in [4.78, 5) is 2.53. The van der Waals surface area contributed by atoms with Crippen LogP contribution in [0.4, 0.5) is 0 Å². The third-order valence-electron chi connectivity index (χ3n) is 3.65. The van der Waals surface area contributed by atoms with Crippen molar-refractivity contribution in [1.29, 1.82) is 0 Å². The number of hydrogen-bond donors (Lipinski definition) is 1. The van der Waals surface area contributed by atoms with Gasteiger partial charge in [0, 0.05) is 6.54 Å². The van der Waals surface area contributed by atoms with E-state index < -0.39 is 0 Å². The predicted molar refractivity (Wildman–Crippen MR) is 79.6 cm³/mol. The van der Waals surface area contributed by atoms with E-state index in [9.17, 15) is 0 Å². The van der Waals surface area contributed by atoms with E-state index in [2.05, 4.69) is 23.1 Å². The minimum absolute atomic E-state index is 0.751. The molecule has 1 aliphatic rings. The van der Waals surface area contributed by atoms with Gasteiger partial charge in [0.25, 0.3) is 0 Å². The lowest BCUT2D eigenvalue weighted by atomic mass is 10.1. The average molecular weight is 262 g/mol. The number of nitrogens with zero attached hydrogens (tertiary/aromatic N) is 1. The Labute approximate surface area is 116 Å². The van der Waals surface area contributed by atoms with Gasteiger partial charge in [0.05, 0.1) is 6.61 Å². The van der Waals surface area contributed by atoms with Gasteiger partial charge in [0.15, 0.2) is 0 Å². The Bertz CT molecular complexity index is 362. The van der Waals surface area contributed by atoms with Gasteiger partial charge in [-0.25, -0.2) is 0 Å². The SMILES string of the molecule is NCCCc1cccc(OCCCN2CCCC2)c1. The van der Waals surface area contributed by atoms with Gasteiger partial charge >= 0.3 is 0 Å². The van der Waals surface area contributed by atoms with E-state index in [0.717, 1.165) is 38.2 Å². The van der Waals surface area contributed by atoms with Crippen molar-refractivity contribution in [2.75, 3.05) is 32.8 Å². The number of hydrogen-bond acceptors (Lipinski definition) is 3. The third-order valence-corrected chi connectivity index (χ3v) is 3.65. The number of benzene rings is 1. The second-order valence-electron chi connectivity index (χ2n) is 5.29. The van der Waals surface area contributed by atoms with Gasteiger partial charge in [-0.05, 0) is 69.4 Å². The molecule has 3 nitrogen and oxygen atoms in total. The monoisotopic (exact) mass is 262 g/mol. The smallest absolute Gasteiger partial charge is 0.119 e. The molecule has 1 aliphatic heterocycles. The molecule has 2 rings (SSSR count). The second-order valence-corrected chi connectivity index (χ2v) is 5.29. The summed E-state index contributed by atoms with van der Waals surface area (Å²) in [6, 6.07) is 8.40. The van der Waals surface area contributed by atoms with Gasteiger partial charge in [0.2, 0.25) is 0 Å². The van der Waals surface area contributed by atoms with Crippen LogP contribution in [0.3, 0.4) is 0 Å². The number of nitrogens with two attached hydrogens (primary N) is 1. The first-order chi connectivity index (χ1) is 9.38. The van der Waals surface area contributed by atoms with Crippen LogP contribution in [0.5, 0.6) is 5.75 Å². The van der Waals surface area contributed by atoms with Gasteiger partial charge in [-0.15, -0.1) is 0 Å². The lowest BCUT2D eigenvalue weighted by molar-refractivity contribution is 0.263. The average Bonchev–Trinajstić information content (AvgIpc) is 2.95. The van der Waals surface area contributed by atoms with Gasteiger partial charge in [-0.3, -0.25) is 0 Å². The first-order valence-corrected chi connectivity index (χ1v) is 7.52. The molecule has 1 aromatic rings. The largest absolute Gasteiger partial charge is 0.494 e. The van der Waals surface area contributed by atoms with Crippen LogP contribution in [-0.2, 0) is 6.42 Å². The van der Waals surface area contributed by atoms with E-state index in [4.69, 9.17) is 10.5 Å². The highest BCUT2D eigenvalue weighted by atomic mass is 16.5. The molecule has 0 aliphatic carbocycles. The molecule has 1 aromatic carbocycles. The van der Waals surface area contributed by atoms with Crippen LogP contribution >= 0.6 is 0 Å². The standard InChI is InChI=1S/C16H26N2O/c17-9-4-7-15-6-3-8-16(14-15)19-13-5-12-18-10-1-2-11-18/h3,6,8,14H,1-2,4-5,7,9-13,17H2. The van der Waals surface area contributed by atoms with Gasteiger partial charge in [-0.2, -0.15) is 0 Å². The quantitative estimate of drug-likeness (QED) is 0.731. The Kier molecular flexibility index (Phi) is 6.18. The second kappa shape index (κ2) is 8.18. The number of aryl methyl sites for hydroxylation is 1. The van der Waals surface area contributed by atoms with Crippen LogP contribution in [0.2, 0.25) is 0 Å². The Morgan fingerprint density at radius 2 is 2.00 bits per heavy atom. The molecule has 0 aromatic heterocycles. The summed E-state index contributed by atoms with van der Waals surface area (Å²) in [5.41, 5.74) is 6.86. The van der Waals surface area contributed by atoms with Crippen LogP contribution in [0.1, 0.15) is 31.2 Å². The Morgan fingerprint density at radius 3 is 2.79 bits per heavy atom. The number of likely N-dealkylation sites (tertiary alicyclic amines) is 1. The van der Waals surface area contributed by atoms with E-state index in [1.54, 1.807) is 0 Å². The van der Waals surface area contributed by atoms with Crippen LogP contribution in [-0.4, -0.2) is 37.7 Å². The topological polar surface area (TPSA) is 38.5 Å². The van der Waals surface area contributed by atoms with Gasteiger partial charge < -0.3 is 15.4 Å². The molecule has 0 saturated carbocycles. The lowest BCUT2D eigenvalue weighted by Gasteiger charge is -2.14. The predicted octanol–water partition coefficient (Wildman–Crippen LogP) is 2.44. The van der Waals surface area contributed by atoms with Crippen molar-refractivity contribution in [1.82, 2.24) is 4.90 Å². The van der Waals surface area contributed by atoms with Gasteiger partial charge in [0.1, 0.15) is 5.75 Å². The fourth-order valence-electron chi connectivity index (χ4n) is 2.58. The van der Waals surface area contributed by atoms with E-state index in [0.29, 0.717) is 0 Å². The van der Waals surface area contributed by atoms with Crippen LogP contribution < -0.4 is 10.5 Å². The molecule has 1 saturated heterocycles. The van der Waals surface area contributed by atoms with Gasteiger partial charge in [-0.1, -0.05) is 12.1 Å². The minimum Gasteiger partial charge on any atom is -0.494 e. The molecule has 0 bridgehead atoms. The van der Waals surface area contributed by atoms with Crippen molar-refractivity contribution in [3.8, 4) is 5.75 Å². The van der Waals surface area contributed by atoms with Crippen molar-refractivity contribution < 1.29 is 4.74 Å². The molecular formula is C16H26N2O. The van der Waals surface area contributed by atoms with E-state index in [-0.39, 0.29) is 0 Å². The summed E-state index contributed by atoms with van der Waals surface area (Å²) in [6.45, 7) is 5.29. The molecule has 19 heavy (non-hydrogen) atoms. The zero-order chi connectivity index (χ0) is 13.3. The fourth-order valence-corrected chi connectivity index (χ4v) is 2.58. The molecular weight excluding hydrogens is 236 g/mol. The van der Waals surface area contributed by atoms with Crippen molar-refractivity contribution in [2.45, 2.75) is 32.1 Å². The van der Waals surface area contributed by atoms with Crippen molar-refractivity contribution >= 4 is 0 Å². The molecule has 0 radical (unpaired) electrons. The van der Waals surface area contributed by atoms with E-state index in [1.807, 2.05) is 6.07 Å². The molecule has 3 heteroatoms. The zero-order valence-corrected chi connectivity index (χ0v) is 11.8. The number of rotatable bonds is 8. The van der Waals surface area contributed by atoms with Crippen LogP contribution in [0, 0.1) is 0 Å². The summed E-state index contributed by atoms with van der Waals surface area (Å²) in [5, 5.41) is 0. The van der Waals surface area contributed by atoms with Crippen LogP contribution in [0.25, 0.3) is 0 Å². The summed E-state index contributed by atoms with van der Waals surface area (Å²) in [5.74, 6) is 0.996. The van der Waals surface area contributed by atoms with E-state index in [1.165, 1.54) is 38.0 Å². The molecule has 0 unspecified atom stereocenters. The maximum atomic E-state index is 5.83. The highest BCUT2D eigenvalue weighted by Crippen LogP contribution is 2.15. The Balaban J connectivity index is 1.66. The summed E-state index contributed by atoms with van der Waals surface area (Å²) < 4.78 is 5.83. The highest BCUT2D eigenvalue weighted by molar-refractivity contribution is 5.28. The normalized spacial score (nSPS) is 15.8. The summed E-state index contributed by atoms with van der Waals surface area (Å²) in [6.07, 6.45) is 5.93. The molecule has 1 fully saturated rings. The van der Waals surface area contributed by atoms with Crippen molar-refractivity contribution in [3.63, 3.8) is 0 Å². The first kappa shape index (κ1) is 14.4. The number of ether oxygens (including phenoxy) is 1. The van der Waals surface area contributed by atoms with E-state index >= 15 is 0 Å². The summed E-state index contributed by atoms with van der Waals surface area (Å²) >= 11 is 0. The first-order valence-electron chi connectivity index (χ1n) is 7.52. The Hall–Kier alpha value is -1.06. The molecule has 1 heterocycles. The maximum Gasteiger partial charge on any atom is 0.119 e. The maximum absolute atomic E-state index is 5.83. The third kappa shape index (κ3) is 5.21. The molecule has 106 valence electrons. The molecule has 0 spiro atoms. The Morgan fingerprint density at radius 1 is 1.16 bits per heavy atom. The summed E-state index contributed by atoms with van der Waals surface area (Å²) in [7, 11) is 0. The molecule has 0 atom stereocenters. The minimum atomic E-state index is 0.751.